The molecule has 0 saturated carbocycles. The summed E-state index contributed by atoms with van der Waals surface area (Å²) in [5.74, 6) is 0.286. The van der Waals surface area contributed by atoms with Gasteiger partial charge in [-0.05, 0) is 61.4 Å². The topological polar surface area (TPSA) is 96.0 Å². The van der Waals surface area contributed by atoms with Crippen LogP contribution in [0.15, 0.2) is 65.6 Å². The fourth-order valence-electron chi connectivity index (χ4n) is 5.04. The van der Waals surface area contributed by atoms with Gasteiger partial charge >= 0.3 is 0 Å². The summed E-state index contributed by atoms with van der Waals surface area (Å²) in [5.41, 5.74) is 1.49. The Morgan fingerprint density at radius 3 is 2.44 bits per heavy atom. The van der Waals surface area contributed by atoms with E-state index in [4.69, 9.17) is 4.74 Å². The minimum atomic E-state index is -3.69. The van der Waals surface area contributed by atoms with E-state index in [9.17, 15) is 18.0 Å². The van der Waals surface area contributed by atoms with Crippen molar-refractivity contribution >= 4 is 38.3 Å². The Hall–Kier alpha value is -3.59. The molecular weight excluding hydrogens is 514 g/mol. The number of carbonyl (C=O) groups is 2. The van der Waals surface area contributed by atoms with Crippen LogP contribution in [0.25, 0.3) is 10.8 Å². The maximum absolute atomic E-state index is 13.7. The molecule has 0 saturated heterocycles. The van der Waals surface area contributed by atoms with Gasteiger partial charge in [0.05, 0.1) is 17.7 Å². The zero-order chi connectivity index (χ0) is 28.2. The number of benzene rings is 3. The SMILES string of the molecule is CC[C@@H](C)NC(=O)[C@@H](CC)N(Cc1cccc(OC)c1)C(=O)CCCN1c2cccc3cccc(c23)S1(=O)=O. The highest BCUT2D eigenvalue weighted by molar-refractivity contribution is 7.93. The molecule has 1 aliphatic rings. The number of nitrogens with zero attached hydrogens (tertiary/aromatic N) is 2. The molecule has 8 nitrogen and oxygen atoms in total. The number of anilines is 1. The monoisotopic (exact) mass is 551 g/mol. The van der Waals surface area contributed by atoms with E-state index in [0.717, 1.165) is 22.8 Å². The average Bonchev–Trinajstić information content (AvgIpc) is 3.15. The number of rotatable bonds is 12. The van der Waals surface area contributed by atoms with Crippen LogP contribution in [0.2, 0.25) is 0 Å². The van der Waals surface area contributed by atoms with E-state index in [1.807, 2.05) is 63.2 Å². The third-order valence-electron chi connectivity index (χ3n) is 7.31. The quantitative estimate of drug-likeness (QED) is 0.347. The Morgan fingerprint density at radius 2 is 1.74 bits per heavy atom. The smallest absolute Gasteiger partial charge is 0.265 e. The van der Waals surface area contributed by atoms with Crippen LogP contribution < -0.4 is 14.4 Å². The van der Waals surface area contributed by atoms with Crippen LogP contribution in [0, 0.1) is 0 Å². The first-order valence-corrected chi connectivity index (χ1v) is 14.9. The highest BCUT2D eigenvalue weighted by Gasteiger charge is 2.35. The van der Waals surface area contributed by atoms with E-state index < -0.39 is 16.1 Å². The van der Waals surface area contributed by atoms with Crippen LogP contribution in [0.5, 0.6) is 5.75 Å². The summed E-state index contributed by atoms with van der Waals surface area (Å²) >= 11 is 0. The highest BCUT2D eigenvalue weighted by Crippen LogP contribution is 2.42. The Kier molecular flexibility index (Phi) is 8.80. The molecule has 39 heavy (non-hydrogen) atoms. The van der Waals surface area contributed by atoms with E-state index in [1.54, 1.807) is 30.2 Å². The van der Waals surface area contributed by atoms with Gasteiger partial charge in [-0.1, -0.05) is 50.2 Å². The fourth-order valence-corrected chi connectivity index (χ4v) is 6.79. The number of methoxy groups -OCH3 is 1. The summed E-state index contributed by atoms with van der Waals surface area (Å²) in [6.07, 6.45) is 1.66. The number of hydrogen-bond acceptors (Lipinski definition) is 5. The largest absolute Gasteiger partial charge is 0.497 e. The number of carbonyl (C=O) groups excluding carboxylic acids is 2. The molecule has 0 aromatic heterocycles. The van der Waals surface area contributed by atoms with Gasteiger partial charge in [0, 0.05) is 30.9 Å². The highest BCUT2D eigenvalue weighted by atomic mass is 32.2. The lowest BCUT2D eigenvalue weighted by Crippen LogP contribution is -2.50. The average molecular weight is 552 g/mol. The molecule has 208 valence electrons. The Labute approximate surface area is 231 Å². The molecule has 1 heterocycles. The van der Waals surface area contributed by atoms with Gasteiger partial charge in [-0.3, -0.25) is 13.9 Å². The first-order valence-electron chi connectivity index (χ1n) is 13.5. The standard InChI is InChI=1S/C30H37N3O5S/c1-5-21(3)31-30(35)25(6-2)32(20-22-11-7-14-24(19-22)38-4)28(34)17-10-18-33-26-15-8-12-23-13-9-16-27(29(23)26)39(33,36)37/h7-9,11-16,19,21,25H,5-6,10,17-18,20H2,1-4H3,(H,31,35)/t21-,25-/m1/s1. The fraction of sp³-hybridized carbons (Fsp3) is 0.400. The molecule has 0 aliphatic carbocycles. The summed E-state index contributed by atoms with van der Waals surface area (Å²) in [6, 6.07) is 17.6. The second-order valence-corrected chi connectivity index (χ2v) is 11.8. The van der Waals surface area contributed by atoms with E-state index >= 15 is 0 Å². The Balaban J connectivity index is 1.53. The van der Waals surface area contributed by atoms with Gasteiger partial charge < -0.3 is 15.0 Å². The molecule has 9 heteroatoms. The van der Waals surface area contributed by atoms with Crippen LogP contribution in [0.3, 0.4) is 0 Å². The third-order valence-corrected chi connectivity index (χ3v) is 9.16. The van der Waals surface area contributed by atoms with Gasteiger partial charge in [0.2, 0.25) is 11.8 Å². The van der Waals surface area contributed by atoms with Gasteiger partial charge in [-0.2, -0.15) is 0 Å². The maximum Gasteiger partial charge on any atom is 0.265 e. The van der Waals surface area contributed by atoms with E-state index in [-0.39, 0.29) is 37.4 Å². The summed E-state index contributed by atoms with van der Waals surface area (Å²) < 4.78 is 33.4. The van der Waals surface area contributed by atoms with Crippen molar-refractivity contribution in [3.63, 3.8) is 0 Å². The predicted octanol–water partition coefficient (Wildman–Crippen LogP) is 4.86. The van der Waals surface area contributed by atoms with Gasteiger partial charge in [0.15, 0.2) is 0 Å². The van der Waals surface area contributed by atoms with E-state index in [1.165, 1.54) is 4.31 Å². The zero-order valence-corrected chi connectivity index (χ0v) is 23.8. The van der Waals surface area contributed by atoms with Crippen LogP contribution in [0.1, 0.15) is 52.0 Å². The number of amides is 2. The molecule has 0 spiro atoms. The zero-order valence-electron chi connectivity index (χ0n) is 23.0. The molecule has 1 N–H and O–H groups in total. The van der Waals surface area contributed by atoms with Crippen LogP contribution in [0.4, 0.5) is 5.69 Å². The second kappa shape index (κ2) is 12.1. The summed E-state index contributed by atoms with van der Waals surface area (Å²) in [5, 5.41) is 4.60. The molecule has 4 rings (SSSR count). The van der Waals surface area contributed by atoms with Crippen LogP contribution in [-0.2, 0) is 26.2 Å². The molecule has 3 aromatic carbocycles. The molecule has 0 unspecified atom stereocenters. The summed E-state index contributed by atoms with van der Waals surface area (Å²) in [4.78, 5) is 28.8. The molecule has 0 radical (unpaired) electrons. The van der Waals surface area contributed by atoms with Crippen molar-refractivity contribution in [3.05, 3.63) is 66.2 Å². The Morgan fingerprint density at radius 1 is 1.03 bits per heavy atom. The molecule has 2 atom stereocenters. The Bertz CT molecular complexity index is 1450. The minimum absolute atomic E-state index is 0.00923. The lowest BCUT2D eigenvalue weighted by Gasteiger charge is -2.32. The van der Waals surface area contributed by atoms with Crippen molar-refractivity contribution < 1.29 is 22.7 Å². The first kappa shape index (κ1) is 28.4. The van der Waals surface area contributed by atoms with Gasteiger partial charge in [-0.25, -0.2) is 8.42 Å². The minimum Gasteiger partial charge on any atom is -0.497 e. The lowest BCUT2D eigenvalue weighted by atomic mass is 10.1. The van der Waals surface area contributed by atoms with Crippen LogP contribution in [-0.4, -0.2) is 50.9 Å². The van der Waals surface area contributed by atoms with Crippen molar-refractivity contribution in [1.29, 1.82) is 0 Å². The number of sulfonamides is 1. The molecule has 1 aliphatic heterocycles. The van der Waals surface area contributed by atoms with Crippen molar-refractivity contribution in [1.82, 2.24) is 10.2 Å². The number of ether oxygens (including phenoxy) is 1. The predicted molar refractivity (Wildman–Crippen MR) is 153 cm³/mol. The second-order valence-electron chi connectivity index (χ2n) is 9.93. The number of hydrogen-bond donors (Lipinski definition) is 1. The molecule has 0 fully saturated rings. The lowest BCUT2D eigenvalue weighted by molar-refractivity contribution is -0.141. The summed E-state index contributed by atoms with van der Waals surface area (Å²) in [7, 11) is -2.11. The van der Waals surface area contributed by atoms with Crippen molar-refractivity contribution in [2.24, 2.45) is 0 Å². The van der Waals surface area contributed by atoms with Gasteiger partial charge in [-0.15, -0.1) is 0 Å². The van der Waals surface area contributed by atoms with Crippen molar-refractivity contribution in [2.75, 3.05) is 18.0 Å². The molecular formula is C30H37N3O5S. The molecule has 2 amide bonds. The van der Waals surface area contributed by atoms with E-state index in [2.05, 4.69) is 5.32 Å². The van der Waals surface area contributed by atoms with Gasteiger partial charge in [0.1, 0.15) is 11.8 Å². The molecule has 3 aromatic rings. The number of nitrogens with one attached hydrogen (secondary N) is 1. The summed E-state index contributed by atoms with van der Waals surface area (Å²) in [6.45, 7) is 6.24. The van der Waals surface area contributed by atoms with E-state index in [0.29, 0.717) is 29.2 Å². The van der Waals surface area contributed by atoms with Crippen LogP contribution >= 0.6 is 0 Å². The molecule has 0 bridgehead atoms. The van der Waals surface area contributed by atoms with Crippen molar-refractivity contribution in [2.45, 2.75) is 70.0 Å². The maximum atomic E-state index is 13.7. The van der Waals surface area contributed by atoms with Gasteiger partial charge in [0.25, 0.3) is 10.0 Å². The first-order chi connectivity index (χ1) is 18.7. The normalized spacial score (nSPS) is 15.1. The van der Waals surface area contributed by atoms with Crippen molar-refractivity contribution in [3.8, 4) is 5.75 Å². The third kappa shape index (κ3) is 5.88.